The number of carbonyl (C=O) groups is 2. The van der Waals surface area contributed by atoms with Gasteiger partial charge >= 0.3 is 6.03 Å². The molecule has 2 rings (SSSR count). The van der Waals surface area contributed by atoms with Crippen LogP contribution in [0.25, 0.3) is 0 Å². The number of urea groups is 1. The molecule has 1 aromatic heterocycles. The Morgan fingerprint density at radius 1 is 1.14 bits per heavy atom. The minimum Gasteiger partial charge on any atom is -0.334 e. The highest BCUT2D eigenvalue weighted by molar-refractivity contribution is 5.99. The lowest BCUT2D eigenvalue weighted by Gasteiger charge is -2.19. The Balaban J connectivity index is 2.01. The predicted octanol–water partition coefficient (Wildman–Crippen LogP) is 2.39. The topological polar surface area (TPSA) is 74.3 Å². The summed E-state index contributed by atoms with van der Waals surface area (Å²) in [4.78, 5) is 28.9. The second-order valence-electron chi connectivity index (χ2n) is 4.76. The molecule has 0 fully saturated rings. The van der Waals surface area contributed by atoms with Crippen LogP contribution in [0.4, 0.5) is 16.2 Å². The van der Waals surface area contributed by atoms with Crippen LogP contribution in [0.15, 0.2) is 48.8 Å². The summed E-state index contributed by atoms with van der Waals surface area (Å²) in [7, 11) is 1.66. The fraction of sp³-hybridized carbons (Fsp3) is 0.188. The number of hydrogen-bond acceptors (Lipinski definition) is 3. The summed E-state index contributed by atoms with van der Waals surface area (Å²) in [6.07, 6.45) is 3.35. The average molecular weight is 298 g/mol. The summed E-state index contributed by atoms with van der Waals surface area (Å²) in [5, 5.41) is 5.52. The molecule has 0 bridgehead atoms. The molecule has 22 heavy (non-hydrogen) atoms. The molecular weight excluding hydrogens is 280 g/mol. The monoisotopic (exact) mass is 298 g/mol. The van der Waals surface area contributed by atoms with Crippen LogP contribution in [-0.4, -0.2) is 24.0 Å². The van der Waals surface area contributed by atoms with Gasteiger partial charge in [-0.2, -0.15) is 0 Å². The lowest BCUT2D eigenvalue weighted by Crippen LogP contribution is -2.30. The van der Waals surface area contributed by atoms with Crippen molar-refractivity contribution >= 4 is 23.3 Å². The van der Waals surface area contributed by atoms with Gasteiger partial charge in [-0.15, -0.1) is 0 Å². The minimum absolute atomic E-state index is 0.105. The number of amides is 3. The van der Waals surface area contributed by atoms with E-state index < -0.39 is 0 Å². The number of anilines is 2. The average Bonchev–Trinajstić information content (AvgIpc) is 2.53. The normalized spacial score (nSPS) is 9.91. The predicted molar refractivity (Wildman–Crippen MR) is 85.6 cm³/mol. The van der Waals surface area contributed by atoms with Gasteiger partial charge in [0, 0.05) is 32.9 Å². The summed E-state index contributed by atoms with van der Waals surface area (Å²) in [6.45, 7) is 1.87. The van der Waals surface area contributed by atoms with Crippen molar-refractivity contribution in [2.45, 2.75) is 13.5 Å². The van der Waals surface area contributed by atoms with Gasteiger partial charge in [0.2, 0.25) is 5.91 Å². The zero-order valence-electron chi connectivity index (χ0n) is 12.5. The van der Waals surface area contributed by atoms with Gasteiger partial charge in [0.1, 0.15) is 0 Å². The van der Waals surface area contributed by atoms with E-state index in [2.05, 4.69) is 15.6 Å². The molecule has 2 aromatic rings. The third-order valence-corrected chi connectivity index (χ3v) is 3.19. The van der Waals surface area contributed by atoms with Crippen molar-refractivity contribution < 1.29 is 9.59 Å². The zero-order chi connectivity index (χ0) is 15.9. The fourth-order valence-electron chi connectivity index (χ4n) is 1.89. The molecule has 6 heteroatoms. The summed E-state index contributed by atoms with van der Waals surface area (Å²) >= 11 is 0. The molecule has 0 unspecified atom stereocenters. The first kappa shape index (κ1) is 15.5. The Kier molecular flexibility index (Phi) is 5.08. The Morgan fingerprint density at radius 2 is 1.82 bits per heavy atom. The molecule has 0 aliphatic rings. The maximum Gasteiger partial charge on any atom is 0.319 e. The molecule has 114 valence electrons. The number of carbonyl (C=O) groups excluding carboxylic acids is 2. The highest BCUT2D eigenvalue weighted by atomic mass is 16.2. The second kappa shape index (κ2) is 7.21. The van der Waals surface area contributed by atoms with Crippen molar-refractivity contribution in [1.82, 2.24) is 10.3 Å². The van der Waals surface area contributed by atoms with Crippen molar-refractivity contribution in [2.75, 3.05) is 17.3 Å². The van der Waals surface area contributed by atoms with Gasteiger partial charge in [-0.05, 0) is 29.8 Å². The van der Waals surface area contributed by atoms with Gasteiger partial charge in [0.25, 0.3) is 0 Å². The third kappa shape index (κ3) is 4.05. The molecule has 0 radical (unpaired) electrons. The molecular formula is C16H18N4O2. The largest absolute Gasteiger partial charge is 0.334 e. The maximum absolute atomic E-state index is 12.0. The Morgan fingerprint density at radius 3 is 2.50 bits per heavy atom. The zero-order valence-corrected chi connectivity index (χ0v) is 12.5. The molecule has 2 N–H and O–H groups in total. The van der Waals surface area contributed by atoms with Crippen LogP contribution in [0.1, 0.15) is 12.5 Å². The third-order valence-electron chi connectivity index (χ3n) is 3.19. The fourth-order valence-corrected chi connectivity index (χ4v) is 1.89. The molecule has 0 atom stereocenters. The quantitative estimate of drug-likeness (QED) is 0.910. The number of para-hydroxylation sites is 2. The lowest BCUT2D eigenvalue weighted by molar-refractivity contribution is -0.116. The van der Waals surface area contributed by atoms with Crippen LogP contribution < -0.4 is 15.5 Å². The van der Waals surface area contributed by atoms with Crippen LogP contribution in [0.2, 0.25) is 0 Å². The maximum atomic E-state index is 12.0. The van der Waals surface area contributed by atoms with Crippen molar-refractivity contribution in [3.63, 3.8) is 0 Å². The lowest BCUT2D eigenvalue weighted by atomic mass is 10.2. The van der Waals surface area contributed by atoms with E-state index in [0.717, 1.165) is 5.56 Å². The molecule has 0 aliphatic carbocycles. The van der Waals surface area contributed by atoms with Gasteiger partial charge in [-0.25, -0.2) is 4.79 Å². The van der Waals surface area contributed by atoms with Crippen molar-refractivity contribution in [3.05, 3.63) is 54.4 Å². The Labute approximate surface area is 129 Å². The highest BCUT2D eigenvalue weighted by Gasteiger charge is 2.12. The van der Waals surface area contributed by atoms with Gasteiger partial charge in [0.15, 0.2) is 0 Å². The first-order valence-corrected chi connectivity index (χ1v) is 6.85. The molecule has 0 saturated carbocycles. The number of nitrogens with one attached hydrogen (secondary N) is 2. The second-order valence-corrected chi connectivity index (χ2v) is 4.76. The van der Waals surface area contributed by atoms with E-state index in [-0.39, 0.29) is 11.9 Å². The number of benzene rings is 1. The summed E-state index contributed by atoms with van der Waals surface area (Å²) in [6, 6.07) is 10.5. The van der Waals surface area contributed by atoms with Crippen molar-refractivity contribution in [1.29, 1.82) is 0 Å². The standard InChI is InChI=1S/C16H18N4O2/c1-12(21)20(2)15-6-4-3-5-14(15)19-16(22)18-11-13-7-9-17-10-8-13/h3-10H,11H2,1-2H3,(H2,18,19,22). The van der Waals surface area contributed by atoms with Gasteiger partial charge < -0.3 is 15.5 Å². The molecule has 1 aromatic carbocycles. The van der Waals surface area contributed by atoms with Crippen LogP contribution in [0, 0.1) is 0 Å². The van der Waals surface area contributed by atoms with Crippen LogP contribution >= 0.6 is 0 Å². The highest BCUT2D eigenvalue weighted by Crippen LogP contribution is 2.24. The molecule has 6 nitrogen and oxygen atoms in total. The summed E-state index contributed by atoms with van der Waals surface area (Å²) in [5.41, 5.74) is 2.18. The van der Waals surface area contributed by atoms with Crippen LogP contribution in [-0.2, 0) is 11.3 Å². The van der Waals surface area contributed by atoms with Gasteiger partial charge in [-0.3, -0.25) is 9.78 Å². The first-order valence-electron chi connectivity index (χ1n) is 6.85. The number of hydrogen-bond donors (Lipinski definition) is 2. The van der Waals surface area contributed by atoms with Gasteiger partial charge in [-0.1, -0.05) is 12.1 Å². The molecule has 0 spiro atoms. The summed E-state index contributed by atoms with van der Waals surface area (Å²) < 4.78 is 0. The molecule has 0 saturated heterocycles. The minimum atomic E-state index is -0.332. The van der Waals surface area contributed by atoms with E-state index in [4.69, 9.17) is 0 Å². The number of aromatic nitrogens is 1. The Hall–Kier alpha value is -2.89. The number of rotatable bonds is 4. The van der Waals surface area contributed by atoms with Crippen molar-refractivity contribution in [3.8, 4) is 0 Å². The Bertz CT molecular complexity index is 658. The SMILES string of the molecule is CC(=O)N(C)c1ccccc1NC(=O)NCc1ccncc1. The summed E-state index contributed by atoms with van der Waals surface area (Å²) in [5.74, 6) is -0.105. The van der Waals surface area contributed by atoms with E-state index in [9.17, 15) is 9.59 Å². The van der Waals surface area contributed by atoms with E-state index in [1.54, 1.807) is 37.6 Å². The van der Waals surface area contributed by atoms with Crippen molar-refractivity contribution in [2.24, 2.45) is 0 Å². The van der Waals surface area contributed by atoms with Gasteiger partial charge in [0.05, 0.1) is 11.4 Å². The number of nitrogens with zero attached hydrogens (tertiary/aromatic N) is 2. The molecule has 0 aliphatic heterocycles. The molecule has 1 heterocycles. The number of pyridine rings is 1. The van der Waals surface area contributed by atoms with E-state index in [0.29, 0.717) is 17.9 Å². The van der Waals surface area contributed by atoms with E-state index >= 15 is 0 Å². The first-order chi connectivity index (χ1) is 10.6. The van der Waals surface area contributed by atoms with E-state index in [1.807, 2.05) is 18.2 Å². The van der Waals surface area contributed by atoms with Crippen LogP contribution in [0.5, 0.6) is 0 Å². The smallest absolute Gasteiger partial charge is 0.319 e. The van der Waals surface area contributed by atoms with E-state index in [1.165, 1.54) is 11.8 Å². The molecule has 3 amide bonds. The van der Waals surface area contributed by atoms with Crippen LogP contribution in [0.3, 0.4) is 0 Å².